The van der Waals surface area contributed by atoms with Gasteiger partial charge in [-0.2, -0.15) is 0 Å². The number of unbranched alkanes of at least 4 members (excludes halogenated alkanes) is 1. The highest BCUT2D eigenvalue weighted by molar-refractivity contribution is 5.55. The first kappa shape index (κ1) is 8.03. The summed E-state index contributed by atoms with van der Waals surface area (Å²) >= 11 is 0. The van der Waals surface area contributed by atoms with E-state index in [4.69, 9.17) is 6.42 Å². The van der Waals surface area contributed by atoms with E-state index >= 15 is 0 Å². The van der Waals surface area contributed by atoms with Gasteiger partial charge in [0.1, 0.15) is 6.21 Å². The van der Waals surface area contributed by atoms with E-state index < -0.39 is 0 Å². The molecular formula is C7H10NO. The van der Waals surface area contributed by atoms with Gasteiger partial charge in [0.15, 0.2) is 6.61 Å². The van der Waals surface area contributed by atoms with Crippen LogP contribution in [0.15, 0.2) is 5.16 Å². The third-order valence-corrected chi connectivity index (χ3v) is 0.639. The van der Waals surface area contributed by atoms with Gasteiger partial charge in [0.25, 0.3) is 0 Å². The molecule has 0 aromatic rings. The van der Waals surface area contributed by atoms with Crippen molar-refractivity contribution in [1.29, 1.82) is 0 Å². The largest absolute Gasteiger partial charge is 0.382 e. The minimum absolute atomic E-state index is 0.233. The van der Waals surface area contributed by atoms with E-state index in [9.17, 15) is 0 Å². The molecule has 2 nitrogen and oxygen atoms in total. The fourth-order valence-corrected chi connectivity index (χ4v) is 0.273. The standard InChI is InChI=1S/C7H10NO/c1-3-5-6-8-9-7-4-2/h2H,3,5,7H2,1H3. The maximum atomic E-state index is 4.88. The van der Waals surface area contributed by atoms with Gasteiger partial charge >= 0.3 is 0 Å². The Kier molecular flexibility index (Phi) is 6.27. The Morgan fingerprint density at radius 1 is 1.67 bits per heavy atom. The summed E-state index contributed by atoms with van der Waals surface area (Å²) in [5, 5.41) is 3.46. The maximum Gasteiger partial charge on any atom is 0.177 e. The summed E-state index contributed by atoms with van der Waals surface area (Å²) in [7, 11) is 0. The molecule has 0 aromatic carbocycles. The molecule has 0 heterocycles. The van der Waals surface area contributed by atoms with Crippen LogP contribution in [0, 0.1) is 12.3 Å². The van der Waals surface area contributed by atoms with Gasteiger partial charge in [0, 0.05) is 0 Å². The molecule has 9 heavy (non-hydrogen) atoms. The van der Waals surface area contributed by atoms with Crippen molar-refractivity contribution in [3.63, 3.8) is 0 Å². The Balaban J connectivity index is 2.97. The molecule has 0 saturated heterocycles. The Morgan fingerprint density at radius 2 is 2.44 bits per heavy atom. The number of rotatable bonds is 4. The van der Waals surface area contributed by atoms with E-state index in [1.807, 2.05) is 6.92 Å². The van der Waals surface area contributed by atoms with Gasteiger partial charge in [-0.05, 0) is 6.42 Å². The van der Waals surface area contributed by atoms with E-state index in [1.54, 1.807) is 0 Å². The molecule has 0 aromatic heterocycles. The van der Waals surface area contributed by atoms with Crippen molar-refractivity contribution >= 4 is 6.21 Å². The van der Waals surface area contributed by atoms with Crippen LogP contribution in [0.25, 0.3) is 0 Å². The van der Waals surface area contributed by atoms with Gasteiger partial charge in [0.2, 0.25) is 0 Å². The Bertz CT molecular complexity index is 113. The first-order valence-electron chi connectivity index (χ1n) is 2.90. The van der Waals surface area contributed by atoms with E-state index in [0.29, 0.717) is 0 Å². The molecule has 0 spiro atoms. The van der Waals surface area contributed by atoms with Crippen molar-refractivity contribution < 1.29 is 4.84 Å². The third-order valence-electron chi connectivity index (χ3n) is 0.639. The molecule has 49 valence electrons. The fraction of sp³-hybridized carbons (Fsp3) is 0.571. The number of hydrogen-bond donors (Lipinski definition) is 0. The minimum atomic E-state index is 0.233. The van der Waals surface area contributed by atoms with E-state index in [-0.39, 0.29) is 6.61 Å². The van der Waals surface area contributed by atoms with Gasteiger partial charge < -0.3 is 4.84 Å². The predicted molar refractivity (Wildman–Crippen MR) is 37.1 cm³/mol. The lowest BCUT2D eigenvalue weighted by atomic mass is 10.4. The van der Waals surface area contributed by atoms with Crippen LogP contribution in [0.5, 0.6) is 0 Å². The molecule has 0 amide bonds. The number of nitrogens with zero attached hydrogens (tertiary/aromatic N) is 1. The predicted octanol–water partition coefficient (Wildman–Crippen LogP) is 1.30. The van der Waals surface area contributed by atoms with Crippen LogP contribution < -0.4 is 0 Å². The monoisotopic (exact) mass is 124 g/mol. The van der Waals surface area contributed by atoms with Crippen molar-refractivity contribution in [2.45, 2.75) is 19.8 Å². The molecule has 0 fully saturated rings. The summed E-state index contributed by atoms with van der Waals surface area (Å²) < 4.78 is 0. The molecule has 0 atom stereocenters. The van der Waals surface area contributed by atoms with E-state index in [1.165, 1.54) is 0 Å². The van der Waals surface area contributed by atoms with E-state index in [0.717, 1.165) is 12.8 Å². The van der Waals surface area contributed by atoms with Gasteiger partial charge in [-0.1, -0.05) is 24.4 Å². The SMILES string of the molecule is C#CCO/N=[C]/CCC. The average molecular weight is 124 g/mol. The van der Waals surface area contributed by atoms with Gasteiger partial charge in [-0.25, -0.2) is 0 Å². The zero-order chi connectivity index (χ0) is 6.95. The fourth-order valence-electron chi connectivity index (χ4n) is 0.273. The van der Waals surface area contributed by atoms with Crippen LogP contribution in [0.1, 0.15) is 19.8 Å². The summed E-state index contributed by atoms with van der Waals surface area (Å²) in [6, 6.07) is 0. The summed E-state index contributed by atoms with van der Waals surface area (Å²) in [5.74, 6) is 2.29. The zero-order valence-corrected chi connectivity index (χ0v) is 5.55. The van der Waals surface area contributed by atoms with E-state index in [2.05, 4.69) is 22.1 Å². The second kappa shape index (κ2) is 7.03. The van der Waals surface area contributed by atoms with Crippen molar-refractivity contribution in [2.24, 2.45) is 5.16 Å². The first-order chi connectivity index (χ1) is 4.41. The van der Waals surface area contributed by atoms with Crippen molar-refractivity contribution in [3.05, 3.63) is 0 Å². The van der Waals surface area contributed by atoms with Crippen LogP contribution >= 0.6 is 0 Å². The third kappa shape index (κ3) is 7.03. The lowest BCUT2D eigenvalue weighted by molar-refractivity contribution is 0.181. The summed E-state index contributed by atoms with van der Waals surface area (Å²) in [6.45, 7) is 2.28. The van der Waals surface area contributed by atoms with Crippen LogP contribution in [-0.4, -0.2) is 12.8 Å². The lowest BCUT2D eigenvalue weighted by Crippen LogP contribution is -1.82. The van der Waals surface area contributed by atoms with Gasteiger partial charge in [-0.3, -0.25) is 0 Å². The topological polar surface area (TPSA) is 21.6 Å². The zero-order valence-electron chi connectivity index (χ0n) is 5.55. The molecule has 0 aliphatic heterocycles. The van der Waals surface area contributed by atoms with Crippen LogP contribution in [-0.2, 0) is 4.84 Å². The molecule has 0 N–H and O–H groups in total. The van der Waals surface area contributed by atoms with Crippen LogP contribution in [0.4, 0.5) is 0 Å². The van der Waals surface area contributed by atoms with Crippen LogP contribution in [0.3, 0.4) is 0 Å². The Labute approximate surface area is 55.9 Å². The quantitative estimate of drug-likeness (QED) is 0.239. The molecule has 0 rings (SSSR count). The molecule has 0 aliphatic carbocycles. The van der Waals surface area contributed by atoms with Gasteiger partial charge in [-0.15, -0.1) is 6.42 Å². The molecule has 2 heteroatoms. The van der Waals surface area contributed by atoms with Crippen molar-refractivity contribution in [2.75, 3.05) is 6.61 Å². The van der Waals surface area contributed by atoms with Crippen LogP contribution in [0.2, 0.25) is 0 Å². The second-order valence-electron chi connectivity index (χ2n) is 1.48. The highest BCUT2D eigenvalue weighted by Gasteiger charge is 1.74. The number of terminal acetylenes is 1. The summed E-state index contributed by atoms with van der Waals surface area (Å²) in [5.41, 5.74) is 0. The summed E-state index contributed by atoms with van der Waals surface area (Å²) in [6.07, 6.45) is 9.41. The Morgan fingerprint density at radius 3 is 3.00 bits per heavy atom. The molecule has 0 bridgehead atoms. The summed E-state index contributed by atoms with van der Waals surface area (Å²) in [4.78, 5) is 4.56. The van der Waals surface area contributed by atoms with Gasteiger partial charge in [0.05, 0.1) is 0 Å². The van der Waals surface area contributed by atoms with Crippen molar-refractivity contribution in [3.8, 4) is 12.3 Å². The molecule has 0 saturated carbocycles. The lowest BCUT2D eigenvalue weighted by Gasteiger charge is -1.86. The molecular weight excluding hydrogens is 114 g/mol. The molecule has 0 unspecified atom stereocenters. The minimum Gasteiger partial charge on any atom is -0.382 e. The highest BCUT2D eigenvalue weighted by atomic mass is 16.6. The Hall–Kier alpha value is -0.970. The second-order valence-corrected chi connectivity index (χ2v) is 1.48. The number of hydrogen-bond acceptors (Lipinski definition) is 2. The maximum absolute atomic E-state index is 4.88. The first-order valence-corrected chi connectivity index (χ1v) is 2.90. The normalized spacial score (nSPS) is 9.33. The molecule has 1 radical (unpaired) electrons. The smallest absolute Gasteiger partial charge is 0.177 e. The highest BCUT2D eigenvalue weighted by Crippen LogP contribution is 1.81. The average Bonchev–Trinajstić information content (AvgIpc) is 1.89. The molecule has 0 aliphatic rings. The van der Waals surface area contributed by atoms with Crippen molar-refractivity contribution in [1.82, 2.24) is 0 Å².